The van der Waals surface area contributed by atoms with E-state index in [-0.39, 0.29) is 18.5 Å². The van der Waals surface area contributed by atoms with Crippen LogP contribution in [0, 0.1) is 0 Å². The van der Waals surface area contributed by atoms with Gasteiger partial charge in [0.1, 0.15) is 0 Å². The Bertz CT molecular complexity index is 408. The molecule has 0 spiro atoms. The number of carbonyl (C=O) groups excluding carboxylic acids is 1. The number of ether oxygens (including phenoxy) is 1. The van der Waals surface area contributed by atoms with Crippen molar-refractivity contribution in [1.29, 1.82) is 0 Å². The molecule has 0 bridgehead atoms. The van der Waals surface area contributed by atoms with Gasteiger partial charge in [-0.2, -0.15) is 0 Å². The zero-order valence-electron chi connectivity index (χ0n) is 20.8. The smallest absolute Gasteiger partial charge is 0.306 e. The Morgan fingerprint density at radius 2 is 1.00 bits per heavy atom. The molecule has 184 valence electrons. The second-order valence-electron chi connectivity index (χ2n) is 9.35. The van der Waals surface area contributed by atoms with Gasteiger partial charge in [-0.1, -0.05) is 116 Å². The van der Waals surface area contributed by atoms with Gasteiger partial charge in [0.05, 0.1) is 6.10 Å². The summed E-state index contributed by atoms with van der Waals surface area (Å²) in [6.45, 7) is 4.12. The molecule has 4 nitrogen and oxygen atoms in total. The average molecular weight is 441 g/mol. The maximum absolute atomic E-state index is 11.8. The Hall–Kier alpha value is -1.06. The largest absolute Gasteiger partial charge is 0.481 e. The summed E-state index contributed by atoms with van der Waals surface area (Å²) in [4.78, 5) is 22.3. The lowest BCUT2D eigenvalue weighted by atomic mass is 10.0. The lowest BCUT2D eigenvalue weighted by molar-refractivity contribution is -0.148. The van der Waals surface area contributed by atoms with E-state index in [0.29, 0.717) is 19.3 Å². The van der Waals surface area contributed by atoms with Crippen LogP contribution < -0.4 is 0 Å². The zero-order chi connectivity index (χ0) is 23.0. The fourth-order valence-electron chi connectivity index (χ4n) is 4.05. The molecule has 1 atom stereocenters. The molecule has 0 aliphatic carbocycles. The van der Waals surface area contributed by atoms with Crippen LogP contribution in [0.15, 0.2) is 0 Å². The summed E-state index contributed by atoms with van der Waals surface area (Å²) in [5, 5.41) is 8.62. The average Bonchev–Trinajstić information content (AvgIpc) is 2.72. The SMILES string of the molecule is CCCCCCCCCCCCCCCCCCCCC(=O)OC(C)CCCC(=O)O. The van der Waals surface area contributed by atoms with Crippen LogP contribution in [0.2, 0.25) is 0 Å². The first-order chi connectivity index (χ1) is 15.1. The number of carboxylic acids is 1. The molecule has 0 saturated heterocycles. The van der Waals surface area contributed by atoms with Crippen LogP contribution in [-0.4, -0.2) is 23.1 Å². The highest BCUT2D eigenvalue weighted by molar-refractivity contribution is 5.69. The Kier molecular flexibility index (Phi) is 22.8. The Balaban J connectivity index is 3.22. The van der Waals surface area contributed by atoms with E-state index >= 15 is 0 Å². The summed E-state index contributed by atoms with van der Waals surface area (Å²) in [5.74, 6) is -0.934. The van der Waals surface area contributed by atoms with E-state index in [1.165, 1.54) is 103 Å². The summed E-state index contributed by atoms with van der Waals surface area (Å²) < 4.78 is 5.33. The highest BCUT2D eigenvalue weighted by Gasteiger charge is 2.10. The van der Waals surface area contributed by atoms with E-state index < -0.39 is 5.97 Å². The molecule has 0 heterocycles. The summed E-state index contributed by atoms with van der Waals surface area (Å²) in [7, 11) is 0. The van der Waals surface area contributed by atoms with Gasteiger partial charge in [-0.3, -0.25) is 9.59 Å². The lowest BCUT2D eigenvalue weighted by Gasteiger charge is -2.12. The number of hydrogen-bond donors (Lipinski definition) is 1. The van der Waals surface area contributed by atoms with Crippen molar-refractivity contribution in [2.45, 2.75) is 161 Å². The minimum absolute atomic E-state index is 0.140. The van der Waals surface area contributed by atoms with Gasteiger partial charge in [0.15, 0.2) is 0 Å². The van der Waals surface area contributed by atoms with Crippen molar-refractivity contribution in [3.8, 4) is 0 Å². The third-order valence-electron chi connectivity index (χ3n) is 6.07. The Morgan fingerprint density at radius 3 is 1.39 bits per heavy atom. The predicted octanol–water partition coefficient (Wildman–Crippen LogP) is 8.60. The van der Waals surface area contributed by atoms with Crippen LogP contribution >= 0.6 is 0 Å². The normalized spacial score (nSPS) is 12.1. The standard InChI is InChI=1S/C27H52O4/c1-3-4-5-6-7-8-9-10-11-12-13-14-15-16-17-18-19-20-24-27(30)31-25(2)22-21-23-26(28)29/h25H,3-24H2,1-2H3,(H,28,29). The highest BCUT2D eigenvalue weighted by atomic mass is 16.5. The Labute approximate surface area is 192 Å². The van der Waals surface area contributed by atoms with Crippen LogP contribution in [0.3, 0.4) is 0 Å². The molecule has 31 heavy (non-hydrogen) atoms. The molecule has 0 saturated carbocycles. The van der Waals surface area contributed by atoms with Crippen molar-refractivity contribution in [3.05, 3.63) is 0 Å². The number of esters is 1. The van der Waals surface area contributed by atoms with E-state index in [0.717, 1.165) is 12.8 Å². The van der Waals surface area contributed by atoms with E-state index in [4.69, 9.17) is 9.84 Å². The quantitative estimate of drug-likeness (QED) is 0.120. The summed E-state index contributed by atoms with van der Waals surface area (Å²) >= 11 is 0. The van der Waals surface area contributed by atoms with Gasteiger partial charge in [-0.15, -0.1) is 0 Å². The van der Waals surface area contributed by atoms with Crippen molar-refractivity contribution < 1.29 is 19.4 Å². The molecule has 1 N–H and O–H groups in total. The summed E-state index contributed by atoms with van der Waals surface area (Å²) in [6, 6.07) is 0. The predicted molar refractivity (Wildman–Crippen MR) is 130 cm³/mol. The van der Waals surface area contributed by atoms with Gasteiger partial charge in [-0.25, -0.2) is 0 Å². The van der Waals surface area contributed by atoms with Gasteiger partial charge >= 0.3 is 11.9 Å². The van der Waals surface area contributed by atoms with Crippen molar-refractivity contribution in [2.24, 2.45) is 0 Å². The molecule has 0 aliphatic heterocycles. The molecular weight excluding hydrogens is 388 g/mol. The minimum atomic E-state index is -0.794. The Morgan fingerprint density at radius 1 is 0.613 bits per heavy atom. The molecule has 0 radical (unpaired) electrons. The number of aliphatic carboxylic acids is 1. The number of carboxylic acid groups (broad SMARTS) is 1. The molecule has 0 aliphatic rings. The third kappa shape index (κ3) is 25.1. The van der Waals surface area contributed by atoms with Crippen LogP contribution in [0.4, 0.5) is 0 Å². The third-order valence-corrected chi connectivity index (χ3v) is 6.07. The fourth-order valence-corrected chi connectivity index (χ4v) is 4.05. The van der Waals surface area contributed by atoms with E-state index in [2.05, 4.69) is 6.92 Å². The van der Waals surface area contributed by atoms with Gasteiger partial charge in [0.2, 0.25) is 0 Å². The molecule has 0 fully saturated rings. The first-order valence-electron chi connectivity index (χ1n) is 13.5. The van der Waals surface area contributed by atoms with Crippen molar-refractivity contribution in [1.82, 2.24) is 0 Å². The van der Waals surface area contributed by atoms with E-state index in [1.807, 2.05) is 6.92 Å². The number of hydrogen-bond acceptors (Lipinski definition) is 3. The monoisotopic (exact) mass is 440 g/mol. The number of carbonyl (C=O) groups is 2. The minimum Gasteiger partial charge on any atom is -0.481 e. The lowest BCUT2D eigenvalue weighted by Crippen LogP contribution is -2.15. The molecule has 1 unspecified atom stereocenters. The van der Waals surface area contributed by atoms with Gasteiger partial charge in [-0.05, 0) is 26.2 Å². The van der Waals surface area contributed by atoms with Gasteiger partial charge < -0.3 is 9.84 Å². The van der Waals surface area contributed by atoms with Crippen molar-refractivity contribution >= 4 is 11.9 Å². The molecule has 0 aromatic carbocycles. The summed E-state index contributed by atoms with van der Waals surface area (Å²) in [6.07, 6.45) is 25.8. The van der Waals surface area contributed by atoms with Crippen LogP contribution in [-0.2, 0) is 14.3 Å². The molecular formula is C27H52O4. The maximum Gasteiger partial charge on any atom is 0.306 e. The first kappa shape index (κ1) is 29.9. The summed E-state index contributed by atoms with van der Waals surface area (Å²) in [5.41, 5.74) is 0. The highest BCUT2D eigenvalue weighted by Crippen LogP contribution is 2.15. The molecule has 0 aromatic rings. The molecule has 0 amide bonds. The van der Waals surface area contributed by atoms with E-state index in [9.17, 15) is 9.59 Å². The molecule has 0 aromatic heterocycles. The zero-order valence-corrected chi connectivity index (χ0v) is 20.8. The molecule has 0 rings (SSSR count). The topological polar surface area (TPSA) is 63.6 Å². The van der Waals surface area contributed by atoms with E-state index in [1.54, 1.807) is 0 Å². The van der Waals surface area contributed by atoms with Crippen molar-refractivity contribution in [2.75, 3.05) is 0 Å². The number of rotatable bonds is 24. The van der Waals surface area contributed by atoms with Crippen LogP contribution in [0.1, 0.15) is 155 Å². The van der Waals surface area contributed by atoms with Gasteiger partial charge in [0.25, 0.3) is 0 Å². The first-order valence-corrected chi connectivity index (χ1v) is 13.5. The fraction of sp³-hybridized carbons (Fsp3) is 0.926. The van der Waals surface area contributed by atoms with Crippen molar-refractivity contribution in [3.63, 3.8) is 0 Å². The van der Waals surface area contributed by atoms with Crippen LogP contribution in [0.5, 0.6) is 0 Å². The van der Waals surface area contributed by atoms with Gasteiger partial charge in [0, 0.05) is 12.8 Å². The second kappa shape index (κ2) is 23.6. The number of unbranched alkanes of at least 4 members (excludes halogenated alkanes) is 17. The molecule has 4 heteroatoms. The second-order valence-corrected chi connectivity index (χ2v) is 9.35. The maximum atomic E-state index is 11.8. The van der Waals surface area contributed by atoms with Crippen LogP contribution in [0.25, 0.3) is 0 Å².